The highest BCUT2D eigenvalue weighted by atomic mass is 16.6. The van der Waals surface area contributed by atoms with Gasteiger partial charge in [-0.05, 0) is 13.0 Å². The van der Waals surface area contributed by atoms with Crippen LogP contribution in [-0.4, -0.2) is 60.2 Å². The fourth-order valence-electron chi connectivity index (χ4n) is 2.78. The van der Waals surface area contributed by atoms with Crippen molar-refractivity contribution in [3.63, 3.8) is 0 Å². The number of ether oxygens (including phenoxy) is 2. The number of benzene rings is 1. The van der Waals surface area contributed by atoms with Crippen molar-refractivity contribution in [2.24, 2.45) is 0 Å². The number of methoxy groups -OCH3 is 1. The molecule has 0 aromatic heterocycles. The SMILES string of the molecule is COCC(C)(CC(=O)O)NC(=O)CN1C(=O)COc2ccc([N+](=O)[O-])cc21. The van der Waals surface area contributed by atoms with Crippen molar-refractivity contribution in [2.45, 2.75) is 18.9 Å². The van der Waals surface area contributed by atoms with E-state index < -0.39 is 34.8 Å². The highest BCUT2D eigenvalue weighted by molar-refractivity contribution is 6.02. The first-order valence-electron chi connectivity index (χ1n) is 7.88. The Kier molecular flexibility index (Phi) is 5.95. The molecule has 0 fully saturated rings. The van der Waals surface area contributed by atoms with Crippen LogP contribution in [0.15, 0.2) is 18.2 Å². The molecule has 0 bridgehead atoms. The highest BCUT2D eigenvalue weighted by Gasteiger charge is 2.33. The van der Waals surface area contributed by atoms with E-state index in [4.69, 9.17) is 14.6 Å². The lowest BCUT2D eigenvalue weighted by Gasteiger charge is -2.32. The van der Waals surface area contributed by atoms with Crippen LogP contribution in [-0.2, 0) is 19.1 Å². The predicted octanol–water partition coefficient (Wildman–Crippen LogP) is 0.316. The number of carbonyl (C=O) groups excluding carboxylic acids is 2. The monoisotopic (exact) mass is 381 g/mol. The van der Waals surface area contributed by atoms with Gasteiger partial charge in [0.1, 0.15) is 12.3 Å². The van der Waals surface area contributed by atoms with Crippen LogP contribution in [0.25, 0.3) is 0 Å². The summed E-state index contributed by atoms with van der Waals surface area (Å²) in [6.07, 6.45) is -0.383. The number of carboxylic acids is 1. The number of nitro groups is 1. The molecule has 146 valence electrons. The molecule has 1 aliphatic heterocycles. The molecule has 27 heavy (non-hydrogen) atoms. The smallest absolute Gasteiger partial charge is 0.305 e. The van der Waals surface area contributed by atoms with Gasteiger partial charge >= 0.3 is 5.97 Å². The first-order valence-corrected chi connectivity index (χ1v) is 7.88. The van der Waals surface area contributed by atoms with Crippen LogP contribution in [0, 0.1) is 10.1 Å². The quantitative estimate of drug-likeness (QED) is 0.483. The molecule has 1 aliphatic rings. The Labute approximate surface area is 154 Å². The van der Waals surface area contributed by atoms with E-state index in [0.717, 1.165) is 11.0 Å². The number of nitro benzene ring substituents is 1. The fourth-order valence-corrected chi connectivity index (χ4v) is 2.78. The second-order valence-electron chi connectivity index (χ2n) is 6.29. The van der Waals surface area contributed by atoms with E-state index in [-0.39, 0.29) is 36.8 Å². The van der Waals surface area contributed by atoms with Crippen LogP contribution in [0.3, 0.4) is 0 Å². The van der Waals surface area contributed by atoms with E-state index in [1.54, 1.807) is 0 Å². The summed E-state index contributed by atoms with van der Waals surface area (Å²) in [5, 5.41) is 22.5. The molecule has 2 rings (SSSR count). The number of nitrogens with one attached hydrogen (secondary N) is 1. The number of carbonyl (C=O) groups is 3. The molecule has 11 nitrogen and oxygen atoms in total. The summed E-state index contributed by atoms with van der Waals surface area (Å²) in [6, 6.07) is 3.73. The molecule has 0 radical (unpaired) electrons. The minimum absolute atomic E-state index is 0.0514. The molecule has 0 saturated carbocycles. The summed E-state index contributed by atoms with van der Waals surface area (Å²) < 4.78 is 10.2. The maximum Gasteiger partial charge on any atom is 0.305 e. The molecule has 0 spiro atoms. The number of carboxylic acid groups (broad SMARTS) is 1. The third kappa shape index (κ3) is 4.91. The molecule has 11 heteroatoms. The van der Waals surface area contributed by atoms with Crippen molar-refractivity contribution in [2.75, 3.05) is 31.8 Å². The van der Waals surface area contributed by atoms with Gasteiger partial charge in [-0.1, -0.05) is 0 Å². The Morgan fingerprint density at radius 2 is 2.19 bits per heavy atom. The van der Waals surface area contributed by atoms with Gasteiger partial charge in [0.15, 0.2) is 6.61 Å². The van der Waals surface area contributed by atoms with Crippen molar-refractivity contribution < 1.29 is 33.9 Å². The molecule has 1 atom stereocenters. The molecule has 1 heterocycles. The lowest BCUT2D eigenvalue weighted by molar-refractivity contribution is -0.384. The number of non-ortho nitro benzene ring substituents is 1. The van der Waals surface area contributed by atoms with Gasteiger partial charge in [0.25, 0.3) is 11.6 Å². The van der Waals surface area contributed by atoms with Crippen LogP contribution in [0.4, 0.5) is 11.4 Å². The molecule has 0 aliphatic carbocycles. The Balaban J connectivity index is 2.22. The molecule has 1 aromatic carbocycles. The topological polar surface area (TPSA) is 148 Å². The number of nitrogens with zero attached hydrogens (tertiary/aromatic N) is 2. The number of hydrogen-bond donors (Lipinski definition) is 2. The van der Waals surface area contributed by atoms with E-state index in [2.05, 4.69) is 5.32 Å². The average Bonchev–Trinajstić information content (AvgIpc) is 2.56. The van der Waals surface area contributed by atoms with Crippen molar-refractivity contribution >= 4 is 29.2 Å². The minimum Gasteiger partial charge on any atom is -0.482 e. The number of rotatable bonds is 8. The van der Waals surface area contributed by atoms with Gasteiger partial charge in [-0.2, -0.15) is 0 Å². The molecule has 1 unspecified atom stereocenters. The van der Waals surface area contributed by atoms with Crippen LogP contribution in [0.2, 0.25) is 0 Å². The van der Waals surface area contributed by atoms with E-state index in [0.29, 0.717) is 0 Å². The highest BCUT2D eigenvalue weighted by Crippen LogP contribution is 2.35. The van der Waals surface area contributed by atoms with Crippen LogP contribution in [0.5, 0.6) is 5.75 Å². The van der Waals surface area contributed by atoms with Gasteiger partial charge in [-0.3, -0.25) is 29.4 Å². The Morgan fingerprint density at radius 3 is 2.78 bits per heavy atom. The van der Waals surface area contributed by atoms with Gasteiger partial charge in [0.05, 0.1) is 29.2 Å². The normalized spacial score (nSPS) is 15.3. The van der Waals surface area contributed by atoms with E-state index in [1.165, 1.54) is 26.2 Å². The number of aliphatic carboxylic acids is 1. The number of anilines is 1. The van der Waals surface area contributed by atoms with Crippen LogP contribution >= 0.6 is 0 Å². The number of fused-ring (bicyclic) bond motifs is 1. The van der Waals surface area contributed by atoms with E-state index >= 15 is 0 Å². The van der Waals surface area contributed by atoms with Crippen molar-refractivity contribution in [3.05, 3.63) is 28.3 Å². The van der Waals surface area contributed by atoms with Crippen LogP contribution < -0.4 is 15.0 Å². The molecular weight excluding hydrogens is 362 g/mol. The lowest BCUT2D eigenvalue weighted by atomic mass is 9.99. The van der Waals surface area contributed by atoms with Crippen molar-refractivity contribution in [3.8, 4) is 5.75 Å². The van der Waals surface area contributed by atoms with Crippen molar-refractivity contribution in [1.82, 2.24) is 5.32 Å². The van der Waals surface area contributed by atoms with Gasteiger partial charge < -0.3 is 19.9 Å². The van der Waals surface area contributed by atoms with E-state index in [9.17, 15) is 24.5 Å². The maximum absolute atomic E-state index is 12.4. The standard InChI is InChI=1S/C16H19N3O8/c1-16(9-26-2,6-15(22)23)17-13(20)7-18-11-5-10(19(24)25)3-4-12(11)27-8-14(18)21/h3-5H,6-9H2,1-2H3,(H,17,20)(H,22,23). The Hall–Kier alpha value is -3.21. The fraction of sp³-hybridized carbons (Fsp3) is 0.438. The van der Waals surface area contributed by atoms with Gasteiger partial charge in [-0.15, -0.1) is 0 Å². The first-order chi connectivity index (χ1) is 12.6. The summed E-state index contributed by atoms with van der Waals surface area (Å²) in [6.45, 7) is 0.685. The number of amides is 2. The zero-order chi connectivity index (χ0) is 20.2. The first kappa shape index (κ1) is 20.1. The predicted molar refractivity (Wildman–Crippen MR) is 91.6 cm³/mol. The molecule has 1 aromatic rings. The average molecular weight is 381 g/mol. The zero-order valence-electron chi connectivity index (χ0n) is 14.8. The summed E-state index contributed by atoms with van der Waals surface area (Å²) in [7, 11) is 1.37. The third-order valence-electron chi connectivity index (χ3n) is 3.84. The second kappa shape index (κ2) is 7.99. The summed E-state index contributed by atoms with van der Waals surface area (Å²) >= 11 is 0. The summed E-state index contributed by atoms with van der Waals surface area (Å²) in [5.74, 6) is -2.08. The summed E-state index contributed by atoms with van der Waals surface area (Å²) in [4.78, 5) is 47.0. The maximum atomic E-state index is 12.4. The van der Waals surface area contributed by atoms with Crippen molar-refractivity contribution in [1.29, 1.82) is 0 Å². The van der Waals surface area contributed by atoms with Crippen LogP contribution in [0.1, 0.15) is 13.3 Å². The molecule has 0 saturated heterocycles. The lowest BCUT2D eigenvalue weighted by Crippen LogP contribution is -2.54. The largest absolute Gasteiger partial charge is 0.482 e. The zero-order valence-corrected chi connectivity index (χ0v) is 14.8. The van der Waals surface area contributed by atoms with Gasteiger partial charge in [0.2, 0.25) is 5.91 Å². The third-order valence-corrected chi connectivity index (χ3v) is 3.84. The molecular formula is C16H19N3O8. The van der Waals surface area contributed by atoms with E-state index in [1.807, 2.05) is 0 Å². The second-order valence-corrected chi connectivity index (χ2v) is 6.29. The minimum atomic E-state index is -1.18. The summed E-state index contributed by atoms with van der Waals surface area (Å²) in [5.41, 5.74) is -1.34. The number of hydrogen-bond acceptors (Lipinski definition) is 7. The molecule has 2 amide bonds. The Morgan fingerprint density at radius 1 is 1.48 bits per heavy atom. The Bertz CT molecular complexity index is 781. The molecule has 2 N–H and O–H groups in total. The van der Waals surface area contributed by atoms with Gasteiger partial charge in [0, 0.05) is 19.2 Å². The van der Waals surface area contributed by atoms with Gasteiger partial charge in [-0.25, -0.2) is 0 Å².